The van der Waals surface area contributed by atoms with Gasteiger partial charge >= 0.3 is 0 Å². The summed E-state index contributed by atoms with van der Waals surface area (Å²) in [5, 5.41) is -0.519. The summed E-state index contributed by atoms with van der Waals surface area (Å²) in [4.78, 5) is 4.31. The standard InChI is InChI=1S/C16H16N2O2S/c1-12(13-8-4-3-5-9-13)21(19,20)16-17-14-10-6-7-11-15(14)18(16)2/h3-12H,1-2H3. The lowest BCUT2D eigenvalue weighted by Crippen LogP contribution is -2.15. The van der Waals surface area contributed by atoms with Crippen LogP contribution in [-0.2, 0) is 16.9 Å². The van der Waals surface area contributed by atoms with Crippen molar-refractivity contribution in [2.45, 2.75) is 17.3 Å². The third-order valence-corrected chi connectivity index (χ3v) is 5.81. The van der Waals surface area contributed by atoms with Crippen LogP contribution in [0.2, 0.25) is 0 Å². The molecule has 0 aliphatic carbocycles. The third kappa shape index (κ3) is 2.23. The normalized spacial score (nSPS) is 13.4. The zero-order valence-corrected chi connectivity index (χ0v) is 12.7. The van der Waals surface area contributed by atoms with E-state index in [1.165, 1.54) is 0 Å². The molecule has 2 aromatic carbocycles. The molecule has 1 aromatic heterocycles. The first-order valence-corrected chi connectivity index (χ1v) is 8.27. The second-order valence-corrected chi connectivity index (χ2v) is 7.20. The molecule has 0 aliphatic rings. The maximum atomic E-state index is 12.8. The zero-order valence-electron chi connectivity index (χ0n) is 11.9. The topological polar surface area (TPSA) is 52.0 Å². The van der Waals surface area contributed by atoms with E-state index >= 15 is 0 Å². The third-order valence-electron chi connectivity index (χ3n) is 3.74. The maximum Gasteiger partial charge on any atom is 0.229 e. The summed E-state index contributed by atoms with van der Waals surface area (Å²) < 4.78 is 27.3. The molecule has 0 N–H and O–H groups in total. The molecular formula is C16H16N2O2S. The Hall–Kier alpha value is -2.14. The smallest absolute Gasteiger partial charge is 0.229 e. The van der Waals surface area contributed by atoms with E-state index in [1.54, 1.807) is 18.5 Å². The number of hydrogen-bond acceptors (Lipinski definition) is 3. The first-order valence-electron chi connectivity index (χ1n) is 6.72. The van der Waals surface area contributed by atoms with Crippen LogP contribution in [0, 0.1) is 0 Å². The van der Waals surface area contributed by atoms with Gasteiger partial charge in [-0.3, -0.25) is 0 Å². The van der Waals surface area contributed by atoms with E-state index in [-0.39, 0.29) is 5.16 Å². The van der Waals surface area contributed by atoms with Gasteiger partial charge in [-0.05, 0) is 24.6 Å². The van der Waals surface area contributed by atoms with E-state index in [4.69, 9.17) is 0 Å². The molecule has 0 fully saturated rings. The molecule has 3 rings (SSSR count). The first-order chi connectivity index (χ1) is 10.0. The lowest BCUT2D eigenvalue weighted by atomic mass is 10.2. The molecule has 21 heavy (non-hydrogen) atoms. The summed E-state index contributed by atoms with van der Waals surface area (Å²) in [7, 11) is -1.80. The van der Waals surface area contributed by atoms with Gasteiger partial charge < -0.3 is 4.57 Å². The average Bonchev–Trinajstić information content (AvgIpc) is 2.86. The molecule has 0 aliphatic heterocycles. The molecule has 0 spiro atoms. The predicted molar refractivity (Wildman–Crippen MR) is 82.8 cm³/mol. The van der Waals surface area contributed by atoms with Crippen LogP contribution in [0.15, 0.2) is 59.8 Å². The van der Waals surface area contributed by atoms with E-state index < -0.39 is 15.1 Å². The number of nitrogens with zero attached hydrogens (tertiary/aromatic N) is 2. The van der Waals surface area contributed by atoms with Gasteiger partial charge in [0.05, 0.1) is 16.3 Å². The Morgan fingerprint density at radius 2 is 1.62 bits per heavy atom. The SMILES string of the molecule is CC(c1ccccc1)S(=O)(=O)c1nc2ccccc2n1C. The number of para-hydroxylation sites is 2. The Bertz CT molecular complexity index is 883. The van der Waals surface area contributed by atoms with Crippen LogP contribution in [-0.4, -0.2) is 18.0 Å². The average molecular weight is 300 g/mol. The molecule has 0 saturated carbocycles. The van der Waals surface area contributed by atoms with Gasteiger partial charge in [0, 0.05) is 7.05 Å². The Kier molecular flexibility index (Phi) is 3.29. The van der Waals surface area contributed by atoms with Crippen molar-refractivity contribution in [3.63, 3.8) is 0 Å². The molecule has 3 aromatic rings. The Labute approximate surface area is 124 Å². The van der Waals surface area contributed by atoms with Crippen LogP contribution in [0.3, 0.4) is 0 Å². The van der Waals surface area contributed by atoms with Crippen LogP contribution in [0.5, 0.6) is 0 Å². The molecule has 1 unspecified atom stereocenters. The molecule has 0 saturated heterocycles. The summed E-state index contributed by atoms with van der Waals surface area (Å²) in [6, 6.07) is 16.6. The van der Waals surface area contributed by atoms with Gasteiger partial charge in [0.2, 0.25) is 15.0 Å². The number of rotatable bonds is 3. The van der Waals surface area contributed by atoms with Gasteiger partial charge in [0.15, 0.2) is 0 Å². The second-order valence-electron chi connectivity index (χ2n) is 5.04. The highest BCUT2D eigenvalue weighted by Gasteiger charge is 2.29. The van der Waals surface area contributed by atoms with Gasteiger partial charge in [-0.25, -0.2) is 13.4 Å². The monoisotopic (exact) mass is 300 g/mol. The van der Waals surface area contributed by atoms with Crippen LogP contribution < -0.4 is 0 Å². The molecular weight excluding hydrogens is 284 g/mol. The fourth-order valence-corrected chi connectivity index (χ4v) is 3.98. The number of benzene rings is 2. The van der Waals surface area contributed by atoms with Gasteiger partial charge in [-0.15, -0.1) is 0 Å². The molecule has 1 atom stereocenters. The molecule has 1 heterocycles. The Morgan fingerprint density at radius 1 is 1.00 bits per heavy atom. The fourth-order valence-electron chi connectivity index (χ4n) is 2.44. The molecule has 0 amide bonds. The quantitative estimate of drug-likeness (QED) is 0.747. The minimum atomic E-state index is -3.53. The lowest BCUT2D eigenvalue weighted by molar-refractivity contribution is 0.570. The molecule has 0 bridgehead atoms. The van der Waals surface area contributed by atoms with E-state index in [9.17, 15) is 8.42 Å². The Balaban J connectivity index is 2.15. The molecule has 0 radical (unpaired) electrons. The van der Waals surface area contributed by atoms with Crippen LogP contribution in [0.1, 0.15) is 17.7 Å². The van der Waals surface area contributed by atoms with E-state index in [1.807, 2.05) is 54.6 Å². The highest BCUT2D eigenvalue weighted by atomic mass is 32.2. The van der Waals surface area contributed by atoms with E-state index in [0.717, 1.165) is 11.1 Å². The van der Waals surface area contributed by atoms with Gasteiger partial charge in [-0.2, -0.15) is 0 Å². The van der Waals surface area contributed by atoms with Gasteiger partial charge in [0.25, 0.3) is 0 Å². The minimum Gasteiger partial charge on any atom is -0.318 e. The van der Waals surface area contributed by atoms with Crippen molar-refractivity contribution in [1.29, 1.82) is 0 Å². The zero-order chi connectivity index (χ0) is 15.0. The van der Waals surface area contributed by atoms with Crippen molar-refractivity contribution < 1.29 is 8.42 Å². The van der Waals surface area contributed by atoms with Gasteiger partial charge in [-0.1, -0.05) is 42.5 Å². The summed E-state index contributed by atoms with van der Waals surface area (Å²) in [6.45, 7) is 1.70. The maximum absolute atomic E-state index is 12.8. The number of fused-ring (bicyclic) bond motifs is 1. The van der Waals surface area contributed by atoms with Crippen LogP contribution in [0.25, 0.3) is 11.0 Å². The largest absolute Gasteiger partial charge is 0.318 e. The van der Waals surface area contributed by atoms with Crippen molar-refractivity contribution >= 4 is 20.9 Å². The van der Waals surface area contributed by atoms with Crippen LogP contribution >= 0.6 is 0 Å². The van der Waals surface area contributed by atoms with E-state index in [0.29, 0.717) is 5.52 Å². The first kappa shape index (κ1) is 13.8. The highest BCUT2D eigenvalue weighted by Crippen LogP contribution is 2.29. The minimum absolute atomic E-state index is 0.111. The summed E-state index contributed by atoms with van der Waals surface area (Å²) in [6.07, 6.45) is 0. The summed E-state index contributed by atoms with van der Waals surface area (Å²) >= 11 is 0. The number of aryl methyl sites for hydroxylation is 1. The van der Waals surface area contributed by atoms with Gasteiger partial charge in [0.1, 0.15) is 0 Å². The number of hydrogen-bond donors (Lipinski definition) is 0. The van der Waals surface area contributed by atoms with Crippen molar-refractivity contribution in [1.82, 2.24) is 9.55 Å². The summed E-state index contributed by atoms with van der Waals surface area (Å²) in [5.41, 5.74) is 2.28. The predicted octanol–water partition coefficient (Wildman–Crippen LogP) is 3.11. The van der Waals surface area contributed by atoms with E-state index in [2.05, 4.69) is 4.98 Å². The summed E-state index contributed by atoms with van der Waals surface area (Å²) in [5.74, 6) is 0. The van der Waals surface area contributed by atoms with Crippen molar-refractivity contribution in [2.24, 2.45) is 7.05 Å². The molecule has 4 nitrogen and oxygen atoms in total. The Morgan fingerprint density at radius 3 is 2.29 bits per heavy atom. The van der Waals surface area contributed by atoms with Crippen LogP contribution in [0.4, 0.5) is 0 Å². The van der Waals surface area contributed by atoms with Crippen molar-refractivity contribution in [2.75, 3.05) is 0 Å². The molecule has 5 heteroatoms. The van der Waals surface area contributed by atoms with Crippen molar-refractivity contribution in [3.05, 3.63) is 60.2 Å². The number of sulfone groups is 1. The number of imidazole rings is 1. The lowest BCUT2D eigenvalue weighted by Gasteiger charge is -2.12. The molecule has 108 valence electrons. The number of aromatic nitrogens is 2. The second kappa shape index (κ2) is 5.00. The van der Waals surface area contributed by atoms with Crippen molar-refractivity contribution in [3.8, 4) is 0 Å². The fraction of sp³-hybridized carbons (Fsp3) is 0.188. The highest BCUT2D eigenvalue weighted by molar-refractivity contribution is 7.91.